The molecule has 0 aliphatic carbocycles. The second kappa shape index (κ2) is 19.3. The Balaban J connectivity index is -0.000000376. The van der Waals surface area contributed by atoms with E-state index in [0.717, 1.165) is 5.57 Å². The van der Waals surface area contributed by atoms with E-state index in [1.54, 1.807) is 6.08 Å². The van der Waals surface area contributed by atoms with Gasteiger partial charge in [-0.05, 0) is 25.0 Å². The highest BCUT2D eigenvalue weighted by Gasteiger charge is 1.92. The van der Waals surface area contributed by atoms with E-state index in [2.05, 4.69) is 25.3 Å². The van der Waals surface area contributed by atoms with Gasteiger partial charge in [-0.3, -0.25) is 0 Å². The molecule has 0 heterocycles. The van der Waals surface area contributed by atoms with Crippen LogP contribution in [0.3, 0.4) is 0 Å². The smallest absolute Gasteiger partial charge is 0.0194 e. The van der Waals surface area contributed by atoms with Crippen molar-refractivity contribution in [3.05, 3.63) is 60.8 Å². The fourth-order valence-electron chi connectivity index (χ4n) is 0.948. The first-order valence-corrected chi connectivity index (χ1v) is 6.04. The van der Waals surface area contributed by atoms with Gasteiger partial charge in [-0.25, -0.2) is 0 Å². The van der Waals surface area contributed by atoms with Crippen LogP contribution in [-0.2, 0) is 0 Å². The summed E-state index contributed by atoms with van der Waals surface area (Å²) in [5.74, 6) is 0. The minimum atomic E-state index is 1.10. The molecule has 0 aliphatic heterocycles. The molecule has 0 saturated heterocycles. The monoisotopic (exact) mass is 220 g/mol. The molecule has 0 rings (SSSR count). The zero-order valence-corrected chi connectivity index (χ0v) is 11.9. The highest BCUT2D eigenvalue weighted by molar-refractivity contribution is 5.46. The molecule has 0 radical (unpaired) electrons. The third-order valence-electron chi connectivity index (χ3n) is 1.51. The molecule has 0 saturated carbocycles. The van der Waals surface area contributed by atoms with Crippen LogP contribution in [0.4, 0.5) is 0 Å². The lowest BCUT2D eigenvalue weighted by Gasteiger charge is -2.00. The zero-order chi connectivity index (χ0) is 13.4. The molecule has 0 nitrogen and oxygen atoms in total. The molecule has 0 spiro atoms. The lowest BCUT2D eigenvalue weighted by atomic mass is 10.1. The predicted molar refractivity (Wildman–Crippen MR) is 79.7 cm³/mol. The van der Waals surface area contributed by atoms with Gasteiger partial charge in [0.15, 0.2) is 0 Å². The maximum atomic E-state index is 3.74. The minimum absolute atomic E-state index is 1.10. The fraction of sp³-hybridized carbons (Fsp3) is 0.375. The van der Waals surface area contributed by atoms with Crippen molar-refractivity contribution < 1.29 is 0 Å². The molecule has 0 aliphatic rings. The number of hydrogen-bond acceptors (Lipinski definition) is 0. The Morgan fingerprint density at radius 1 is 0.875 bits per heavy atom. The second-order valence-electron chi connectivity index (χ2n) is 2.31. The largest absolute Gasteiger partial charge is 0.0990 e. The summed E-state index contributed by atoms with van der Waals surface area (Å²) in [4.78, 5) is 0. The van der Waals surface area contributed by atoms with E-state index in [-0.39, 0.29) is 0 Å². The van der Waals surface area contributed by atoms with Gasteiger partial charge in [0.1, 0.15) is 0 Å². The lowest BCUT2D eigenvalue weighted by Crippen LogP contribution is -1.80. The quantitative estimate of drug-likeness (QED) is 0.520. The van der Waals surface area contributed by atoms with Crippen molar-refractivity contribution in [2.45, 2.75) is 41.5 Å². The Hall–Kier alpha value is -1.30. The highest BCUT2D eigenvalue weighted by Crippen LogP contribution is 2.12. The van der Waals surface area contributed by atoms with E-state index < -0.39 is 0 Å². The van der Waals surface area contributed by atoms with Crippen molar-refractivity contribution in [1.29, 1.82) is 0 Å². The summed E-state index contributed by atoms with van der Waals surface area (Å²) < 4.78 is 0. The van der Waals surface area contributed by atoms with E-state index in [1.165, 1.54) is 5.57 Å². The fourth-order valence-corrected chi connectivity index (χ4v) is 0.948. The van der Waals surface area contributed by atoms with Gasteiger partial charge in [-0.2, -0.15) is 0 Å². The van der Waals surface area contributed by atoms with E-state index in [1.807, 2.05) is 59.8 Å². The Bertz CT molecular complexity index is 237. The van der Waals surface area contributed by atoms with Crippen LogP contribution in [0, 0.1) is 0 Å². The zero-order valence-electron chi connectivity index (χ0n) is 11.9. The molecule has 0 atom stereocenters. The maximum Gasteiger partial charge on any atom is -0.0194 e. The van der Waals surface area contributed by atoms with Gasteiger partial charge in [0.2, 0.25) is 0 Å². The molecule has 92 valence electrons. The van der Waals surface area contributed by atoms with E-state index in [9.17, 15) is 0 Å². The summed E-state index contributed by atoms with van der Waals surface area (Å²) in [6.45, 7) is 19.4. The Kier molecular flexibility index (Phi) is 24.3. The van der Waals surface area contributed by atoms with Crippen LogP contribution in [0.1, 0.15) is 41.5 Å². The van der Waals surface area contributed by atoms with Gasteiger partial charge in [-0.15, -0.1) is 0 Å². The van der Waals surface area contributed by atoms with Gasteiger partial charge in [0.05, 0.1) is 0 Å². The second-order valence-corrected chi connectivity index (χ2v) is 2.31. The first kappa shape index (κ1) is 20.2. The summed E-state index contributed by atoms with van der Waals surface area (Å²) in [5, 5.41) is 0. The van der Waals surface area contributed by atoms with Crippen molar-refractivity contribution >= 4 is 0 Å². The minimum Gasteiger partial charge on any atom is -0.0990 e. The maximum absolute atomic E-state index is 3.74. The molecule has 0 aromatic carbocycles. The molecule has 0 aromatic heterocycles. The van der Waals surface area contributed by atoms with Crippen LogP contribution < -0.4 is 0 Å². The first-order chi connectivity index (χ1) is 7.79. The Morgan fingerprint density at radius 2 is 1.38 bits per heavy atom. The van der Waals surface area contributed by atoms with Crippen molar-refractivity contribution in [3.63, 3.8) is 0 Å². The van der Waals surface area contributed by atoms with Crippen molar-refractivity contribution in [2.75, 3.05) is 0 Å². The summed E-state index contributed by atoms with van der Waals surface area (Å²) in [6, 6.07) is 0. The van der Waals surface area contributed by atoms with Gasteiger partial charge in [-0.1, -0.05) is 77.3 Å². The molecule has 0 bridgehead atoms. The van der Waals surface area contributed by atoms with E-state index >= 15 is 0 Å². The van der Waals surface area contributed by atoms with Crippen LogP contribution >= 0.6 is 0 Å². The summed E-state index contributed by atoms with van der Waals surface area (Å²) in [7, 11) is 0. The van der Waals surface area contributed by atoms with Crippen molar-refractivity contribution in [3.8, 4) is 0 Å². The van der Waals surface area contributed by atoms with Crippen LogP contribution in [0.25, 0.3) is 0 Å². The lowest BCUT2D eigenvalue weighted by molar-refractivity contribution is 1.49. The summed E-state index contributed by atoms with van der Waals surface area (Å²) in [5.41, 5.74) is 2.28. The first-order valence-electron chi connectivity index (χ1n) is 6.04. The Morgan fingerprint density at radius 3 is 1.62 bits per heavy atom. The third kappa shape index (κ3) is 10.8. The van der Waals surface area contributed by atoms with Crippen LogP contribution in [0.15, 0.2) is 60.8 Å². The van der Waals surface area contributed by atoms with Crippen molar-refractivity contribution in [2.24, 2.45) is 0 Å². The highest BCUT2D eigenvalue weighted by atomic mass is 14.0. The van der Waals surface area contributed by atoms with Gasteiger partial charge >= 0.3 is 0 Å². The average Bonchev–Trinajstić information content (AvgIpc) is 2.38. The molecule has 0 fully saturated rings. The molecule has 0 aromatic rings. The van der Waals surface area contributed by atoms with Crippen LogP contribution in [0.5, 0.6) is 0 Å². The third-order valence-corrected chi connectivity index (χ3v) is 1.51. The molecular formula is C16H28. The topological polar surface area (TPSA) is 0 Å². The summed E-state index contributed by atoms with van der Waals surface area (Å²) >= 11 is 0. The van der Waals surface area contributed by atoms with Crippen molar-refractivity contribution in [1.82, 2.24) is 0 Å². The molecule has 0 N–H and O–H groups in total. The standard InChI is InChI=1S/C12H16.2C2H6/c1-5-9-11(7-3)12(8-4)10-6-2;2*1-2/h5-10H,1,3H2,2,4H3;2*1-2H3/b10-6-,11-9-,12-8-;;. The normalized spacial score (nSPS) is 10.9. The van der Waals surface area contributed by atoms with E-state index in [4.69, 9.17) is 0 Å². The van der Waals surface area contributed by atoms with Gasteiger partial charge < -0.3 is 0 Å². The number of hydrogen-bond donors (Lipinski definition) is 0. The van der Waals surface area contributed by atoms with Gasteiger partial charge in [0.25, 0.3) is 0 Å². The molecule has 0 amide bonds. The van der Waals surface area contributed by atoms with Crippen LogP contribution in [0.2, 0.25) is 0 Å². The number of rotatable bonds is 4. The summed E-state index contributed by atoms with van der Waals surface area (Å²) in [6.07, 6.45) is 11.7. The SMILES string of the molecule is C=C\C=C(C=C)/C(/C=C\C)=C\C.CC.CC. The average molecular weight is 220 g/mol. The number of allylic oxidation sites excluding steroid dienone is 8. The molecule has 0 heteroatoms. The van der Waals surface area contributed by atoms with Gasteiger partial charge in [0, 0.05) is 0 Å². The van der Waals surface area contributed by atoms with E-state index in [0.29, 0.717) is 0 Å². The molecule has 0 unspecified atom stereocenters. The molecular weight excluding hydrogens is 192 g/mol. The predicted octanol–water partition coefficient (Wildman–Crippen LogP) is 5.86. The molecule has 16 heavy (non-hydrogen) atoms. The van der Waals surface area contributed by atoms with Crippen LogP contribution in [-0.4, -0.2) is 0 Å². The Labute approximate surface area is 103 Å².